The summed E-state index contributed by atoms with van der Waals surface area (Å²) < 4.78 is 1.90. The van der Waals surface area contributed by atoms with Gasteiger partial charge in [-0.25, -0.2) is 15.0 Å². The molecule has 16 heavy (non-hydrogen) atoms. The van der Waals surface area contributed by atoms with E-state index in [-0.39, 0.29) is 12.1 Å². The SMILES string of the molecule is Nc1ncnc2c1ncn2[C@@H]1C=C[C@H](O)C1. The Morgan fingerprint density at radius 1 is 1.31 bits per heavy atom. The molecule has 0 aliphatic heterocycles. The van der Waals surface area contributed by atoms with E-state index in [1.165, 1.54) is 6.33 Å². The predicted octanol–water partition coefficient (Wildman–Crippen LogP) is 0.270. The molecule has 6 heteroatoms. The van der Waals surface area contributed by atoms with Gasteiger partial charge in [0.1, 0.15) is 11.8 Å². The molecule has 0 bridgehead atoms. The third-order valence-electron chi connectivity index (χ3n) is 2.78. The zero-order valence-electron chi connectivity index (χ0n) is 8.48. The maximum absolute atomic E-state index is 9.45. The van der Waals surface area contributed by atoms with Crippen molar-refractivity contribution in [3.63, 3.8) is 0 Å². The molecular weight excluding hydrogens is 206 g/mol. The minimum Gasteiger partial charge on any atom is -0.389 e. The third-order valence-corrected chi connectivity index (χ3v) is 2.78. The van der Waals surface area contributed by atoms with E-state index >= 15 is 0 Å². The summed E-state index contributed by atoms with van der Waals surface area (Å²) in [5, 5.41) is 9.45. The van der Waals surface area contributed by atoms with Gasteiger partial charge < -0.3 is 15.4 Å². The maximum Gasteiger partial charge on any atom is 0.165 e. The second-order valence-electron chi connectivity index (χ2n) is 3.84. The highest BCUT2D eigenvalue weighted by atomic mass is 16.3. The molecule has 82 valence electrons. The molecule has 1 aliphatic rings. The first-order valence-corrected chi connectivity index (χ1v) is 5.05. The van der Waals surface area contributed by atoms with Crippen LogP contribution in [0.3, 0.4) is 0 Å². The average Bonchev–Trinajstić information content (AvgIpc) is 2.84. The van der Waals surface area contributed by atoms with E-state index in [1.54, 1.807) is 12.4 Å². The lowest BCUT2D eigenvalue weighted by Crippen LogP contribution is -2.08. The van der Waals surface area contributed by atoms with Crippen molar-refractivity contribution in [2.75, 3.05) is 5.73 Å². The molecule has 0 saturated carbocycles. The second-order valence-corrected chi connectivity index (χ2v) is 3.84. The van der Waals surface area contributed by atoms with Crippen molar-refractivity contribution >= 4 is 17.0 Å². The fourth-order valence-electron chi connectivity index (χ4n) is 1.98. The predicted molar refractivity (Wildman–Crippen MR) is 58.5 cm³/mol. The van der Waals surface area contributed by atoms with Gasteiger partial charge in [0.05, 0.1) is 18.5 Å². The van der Waals surface area contributed by atoms with Gasteiger partial charge in [0.25, 0.3) is 0 Å². The highest BCUT2D eigenvalue weighted by Crippen LogP contribution is 2.26. The number of aromatic nitrogens is 4. The van der Waals surface area contributed by atoms with E-state index < -0.39 is 0 Å². The molecule has 2 aromatic rings. The molecule has 0 amide bonds. The molecule has 2 atom stereocenters. The molecule has 0 fully saturated rings. The van der Waals surface area contributed by atoms with Crippen LogP contribution >= 0.6 is 0 Å². The summed E-state index contributed by atoms with van der Waals surface area (Å²) in [6.45, 7) is 0. The normalized spacial score (nSPS) is 24.3. The Balaban J connectivity index is 2.12. The Morgan fingerprint density at radius 3 is 2.94 bits per heavy atom. The van der Waals surface area contributed by atoms with Crippen molar-refractivity contribution in [3.05, 3.63) is 24.8 Å². The third kappa shape index (κ3) is 1.27. The zero-order chi connectivity index (χ0) is 11.1. The van der Waals surface area contributed by atoms with Crippen molar-refractivity contribution in [1.29, 1.82) is 0 Å². The number of aliphatic hydroxyl groups is 1. The Labute approximate surface area is 91.5 Å². The van der Waals surface area contributed by atoms with Crippen LogP contribution in [0.25, 0.3) is 11.2 Å². The van der Waals surface area contributed by atoms with Crippen molar-refractivity contribution in [1.82, 2.24) is 19.5 Å². The van der Waals surface area contributed by atoms with Crippen LogP contribution in [0.15, 0.2) is 24.8 Å². The van der Waals surface area contributed by atoms with Crippen LogP contribution in [0, 0.1) is 0 Å². The highest BCUT2D eigenvalue weighted by molar-refractivity contribution is 5.81. The van der Waals surface area contributed by atoms with Crippen LogP contribution in [-0.2, 0) is 0 Å². The molecular formula is C10H11N5O. The summed E-state index contributed by atoms with van der Waals surface area (Å²) in [7, 11) is 0. The molecule has 3 rings (SSSR count). The van der Waals surface area contributed by atoms with Crippen molar-refractivity contribution < 1.29 is 5.11 Å². The molecule has 0 saturated heterocycles. The van der Waals surface area contributed by atoms with Gasteiger partial charge in [0.15, 0.2) is 11.5 Å². The number of nitrogens with zero attached hydrogens (tertiary/aromatic N) is 4. The molecule has 0 unspecified atom stereocenters. The summed E-state index contributed by atoms with van der Waals surface area (Å²) in [5.74, 6) is 0.381. The van der Waals surface area contributed by atoms with E-state index in [2.05, 4.69) is 15.0 Å². The van der Waals surface area contributed by atoms with Crippen LogP contribution < -0.4 is 5.73 Å². The number of nitrogens with two attached hydrogens (primary N) is 1. The zero-order valence-corrected chi connectivity index (χ0v) is 8.48. The Hall–Kier alpha value is -1.95. The lowest BCUT2D eigenvalue weighted by molar-refractivity contribution is 0.211. The summed E-state index contributed by atoms with van der Waals surface area (Å²) in [5.41, 5.74) is 7.01. The first-order chi connectivity index (χ1) is 7.75. The van der Waals surface area contributed by atoms with Gasteiger partial charge >= 0.3 is 0 Å². The number of hydrogen-bond acceptors (Lipinski definition) is 5. The summed E-state index contributed by atoms with van der Waals surface area (Å²) in [4.78, 5) is 12.2. The van der Waals surface area contributed by atoms with Gasteiger partial charge in [-0.05, 0) is 0 Å². The first-order valence-electron chi connectivity index (χ1n) is 5.05. The van der Waals surface area contributed by atoms with Crippen LogP contribution in [0.5, 0.6) is 0 Å². The monoisotopic (exact) mass is 217 g/mol. The number of allylic oxidation sites excluding steroid dienone is 1. The lowest BCUT2D eigenvalue weighted by Gasteiger charge is -2.10. The standard InChI is InChI=1S/C10H11N5O/c11-9-8-10(13-4-12-9)15(5-14-8)6-1-2-7(16)3-6/h1-2,4-7,16H,3H2,(H2,11,12,13)/t6-,7+/m1/s1. The van der Waals surface area contributed by atoms with Gasteiger partial charge in [0.2, 0.25) is 0 Å². The molecule has 2 aromatic heterocycles. The summed E-state index contributed by atoms with van der Waals surface area (Å²) >= 11 is 0. The minimum atomic E-state index is -0.387. The molecule has 3 N–H and O–H groups in total. The van der Waals surface area contributed by atoms with E-state index in [9.17, 15) is 5.11 Å². The molecule has 1 aliphatic carbocycles. The number of hydrogen-bond donors (Lipinski definition) is 2. The second kappa shape index (κ2) is 3.28. The number of fused-ring (bicyclic) bond motifs is 1. The number of imidazole rings is 1. The Bertz CT molecular complexity index is 561. The molecule has 6 nitrogen and oxygen atoms in total. The van der Waals surface area contributed by atoms with Crippen molar-refractivity contribution in [2.24, 2.45) is 0 Å². The Kier molecular flexibility index (Phi) is 1.90. The maximum atomic E-state index is 9.45. The fourth-order valence-corrected chi connectivity index (χ4v) is 1.98. The van der Waals surface area contributed by atoms with Gasteiger partial charge in [-0.3, -0.25) is 0 Å². The Morgan fingerprint density at radius 2 is 2.19 bits per heavy atom. The number of anilines is 1. The number of nitrogen functional groups attached to an aromatic ring is 1. The van der Waals surface area contributed by atoms with Crippen LogP contribution in [0.4, 0.5) is 5.82 Å². The van der Waals surface area contributed by atoms with E-state index in [4.69, 9.17) is 5.73 Å². The largest absolute Gasteiger partial charge is 0.389 e. The topological polar surface area (TPSA) is 89.9 Å². The van der Waals surface area contributed by atoms with E-state index in [0.29, 0.717) is 23.4 Å². The molecule has 2 heterocycles. The lowest BCUT2D eigenvalue weighted by atomic mass is 10.2. The van der Waals surface area contributed by atoms with Crippen LogP contribution in [0.1, 0.15) is 12.5 Å². The van der Waals surface area contributed by atoms with Crippen LogP contribution in [-0.4, -0.2) is 30.7 Å². The summed E-state index contributed by atoms with van der Waals surface area (Å²) in [6.07, 6.45) is 7.09. The summed E-state index contributed by atoms with van der Waals surface area (Å²) in [6, 6.07) is 0.0919. The van der Waals surface area contributed by atoms with Gasteiger partial charge in [-0.2, -0.15) is 0 Å². The molecule has 0 spiro atoms. The fraction of sp³-hybridized carbons (Fsp3) is 0.300. The molecule has 0 radical (unpaired) electrons. The van der Waals surface area contributed by atoms with Gasteiger partial charge in [0, 0.05) is 6.42 Å². The van der Waals surface area contributed by atoms with E-state index in [1.807, 2.05) is 10.6 Å². The average molecular weight is 217 g/mol. The number of aliphatic hydroxyl groups excluding tert-OH is 1. The smallest absolute Gasteiger partial charge is 0.165 e. The van der Waals surface area contributed by atoms with Crippen LogP contribution in [0.2, 0.25) is 0 Å². The van der Waals surface area contributed by atoms with Gasteiger partial charge in [-0.15, -0.1) is 0 Å². The minimum absolute atomic E-state index is 0.0919. The van der Waals surface area contributed by atoms with E-state index in [0.717, 1.165) is 0 Å². The first kappa shape index (κ1) is 9.29. The van der Waals surface area contributed by atoms with Crippen molar-refractivity contribution in [3.8, 4) is 0 Å². The highest BCUT2D eigenvalue weighted by Gasteiger charge is 2.20. The van der Waals surface area contributed by atoms with Gasteiger partial charge in [-0.1, -0.05) is 12.2 Å². The van der Waals surface area contributed by atoms with Crippen molar-refractivity contribution in [2.45, 2.75) is 18.6 Å². The molecule has 0 aromatic carbocycles. The quantitative estimate of drug-likeness (QED) is 0.669. The number of rotatable bonds is 1.